The molecule has 0 saturated carbocycles. The average Bonchev–Trinajstić information content (AvgIpc) is 2.34. The fourth-order valence-corrected chi connectivity index (χ4v) is 1.74. The molecule has 0 spiro atoms. The van der Waals surface area contributed by atoms with Gasteiger partial charge in [-0.3, -0.25) is 4.98 Å². The number of rotatable bonds is 3. The smallest absolute Gasteiger partial charge is 0.145 e. The predicted octanol–water partition coefficient (Wildman–Crippen LogP) is 3.65. The van der Waals surface area contributed by atoms with Gasteiger partial charge in [0.1, 0.15) is 17.3 Å². The zero-order chi connectivity index (χ0) is 13.1. The zero-order valence-electron chi connectivity index (χ0n) is 9.65. The van der Waals surface area contributed by atoms with Crippen LogP contribution in [0.15, 0.2) is 30.6 Å². The van der Waals surface area contributed by atoms with Crippen LogP contribution in [0.4, 0.5) is 4.39 Å². The van der Waals surface area contributed by atoms with Crippen LogP contribution in [-0.4, -0.2) is 16.7 Å². The van der Waals surface area contributed by atoms with E-state index < -0.39 is 5.82 Å². The molecule has 1 heterocycles. The van der Waals surface area contributed by atoms with Crippen molar-refractivity contribution in [2.45, 2.75) is 6.92 Å². The topological polar surface area (TPSA) is 42.4 Å². The molecule has 2 rings (SSSR count). The summed E-state index contributed by atoms with van der Waals surface area (Å²) >= 11 is 5.70. The Morgan fingerprint density at radius 2 is 2.11 bits per heavy atom. The van der Waals surface area contributed by atoms with E-state index in [4.69, 9.17) is 16.3 Å². The van der Waals surface area contributed by atoms with E-state index in [2.05, 4.69) is 4.98 Å². The van der Waals surface area contributed by atoms with E-state index in [9.17, 15) is 9.50 Å². The van der Waals surface area contributed by atoms with Gasteiger partial charge >= 0.3 is 0 Å². The van der Waals surface area contributed by atoms with Crippen LogP contribution < -0.4 is 4.74 Å². The molecule has 3 nitrogen and oxygen atoms in total. The van der Waals surface area contributed by atoms with Crippen molar-refractivity contribution in [1.29, 1.82) is 0 Å². The van der Waals surface area contributed by atoms with Gasteiger partial charge in [0.25, 0.3) is 0 Å². The van der Waals surface area contributed by atoms with Crippen LogP contribution >= 0.6 is 11.6 Å². The monoisotopic (exact) mass is 267 g/mol. The minimum atomic E-state index is -0.660. The third-order valence-electron chi connectivity index (χ3n) is 2.37. The highest BCUT2D eigenvalue weighted by molar-refractivity contribution is 6.31. The highest BCUT2D eigenvalue weighted by Crippen LogP contribution is 2.34. The molecule has 18 heavy (non-hydrogen) atoms. The summed E-state index contributed by atoms with van der Waals surface area (Å²) < 4.78 is 18.5. The van der Waals surface area contributed by atoms with Crippen LogP contribution in [0.1, 0.15) is 6.92 Å². The number of phenols is 1. The molecule has 5 heteroatoms. The Morgan fingerprint density at radius 3 is 2.83 bits per heavy atom. The van der Waals surface area contributed by atoms with Crippen LogP contribution in [0.5, 0.6) is 11.5 Å². The Morgan fingerprint density at radius 1 is 1.33 bits per heavy atom. The van der Waals surface area contributed by atoms with Crippen molar-refractivity contribution >= 4 is 11.6 Å². The molecule has 0 aliphatic rings. The first-order valence-corrected chi connectivity index (χ1v) is 5.76. The van der Waals surface area contributed by atoms with Gasteiger partial charge in [0.2, 0.25) is 0 Å². The van der Waals surface area contributed by atoms with Crippen molar-refractivity contribution in [2.75, 3.05) is 6.61 Å². The lowest BCUT2D eigenvalue weighted by Crippen LogP contribution is -1.93. The first-order chi connectivity index (χ1) is 8.61. The number of aromatic nitrogens is 1. The minimum Gasteiger partial charge on any atom is -0.507 e. The maximum Gasteiger partial charge on any atom is 0.145 e. The molecule has 0 saturated heterocycles. The van der Waals surface area contributed by atoms with Gasteiger partial charge in [-0.15, -0.1) is 0 Å². The van der Waals surface area contributed by atoms with Crippen LogP contribution in [-0.2, 0) is 0 Å². The van der Waals surface area contributed by atoms with Crippen molar-refractivity contribution < 1.29 is 14.2 Å². The van der Waals surface area contributed by atoms with Gasteiger partial charge < -0.3 is 9.84 Å². The summed E-state index contributed by atoms with van der Waals surface area (Å²) in [5.74, 6) is -0.269. The Bertz CT molecular complexity index is 575. The van der Waals surface area contributed by atoms with Crippen LogP contribution in [0.25, 0.3) is 11.1 Å². The van der Waals surface area contributed by atoms with Gasteiger partial charge in [-0.05, 0) is 19.1 Å². The zero-order valence-corrected chi connectivity index (χ0v) is 10.4. The summed E-state index contributed by atoms with van der Waals surface area (Å²) in [7, 11) is 0. The van der Waals surface area contributed by atoms with Gasteiger partial charge in [0.05, 0.1) is 17.8 Å². The molecule has 94 valence electrons. The number of hydrogen-bond donors (Lipinski definition) is 1. The summed E-state index contributed by atoms with van der Waals surface area (Å²) in [4.78, 5) is 4.00. The van der Waals surface area contributed by atoms with Gasteiger partial charge in [-0.25, -0.2) is 4.39 Å². The van der Waals surface area contributed by atoms with Crippen molar-refractivity contribution in [1.82, 2.24) is 4.98 Å². The van der Waals surface area contributed by atoms with E-state index in [-0.39, 0.29) is 10.8 Å². The summed E-state index contributed by atoms with van der Waals surface area (Å²) in [6, 6.07) is 4.05. The molecular formula is C13H11ClFNO2. The molecule has 1 aromatic carbocycles. The van der Waals surface area contributed by atoms with Gasteiger partial charge in [0.15, 0.2) is 0 Å². The molecular weight excluding hydrogens is 257 g/mol. The predicted molar refractivity (Wildman–Crippen MR) is 67.5 cm³/mol. The minimum absolute atomic E-state index is 0.0513. The van der Waals surface area contributed by atoms with Gasteiger partial charge in [-0.2, -0.15) is 0 Å². The second-order valence-electron chi connectivity index (χ2n) is 3.63. The largest absolute Gasteiger partial charge is 0.507 e. The fraction of sp³-hybridized carbons (Fsp3) is 0.154. The van der Waals surface area contributed by atoms with E-state index in [1.54, 1.807) is 18.5 Å². The molecule has 0 aliphatic heterocycles. The van der Waals surface area contributed by atoms with E-state index in [0.717, 1.165) is 6.07 Å². The molecule has 0 atom stereocenters. The number of hydrogen-bond acceptors (Lipinski definition) is 3. The number of nitrogens with zero attached hydrogens (tertiary/aromatic N) is 1. The second-order valence-corrected chi connectivity index (χ2v) is 4.03. The lowest BCUT2D eigenvalue weighted by atomic mass is 10.1. The van der Waals surface area contributed by atoms with Crippen molar-refractivity contribution in [3.63, 3.8) is 0 Å². The summed E-state index contributed by atoms with van der Waals surface area (Å²) in [5.41, 5.74) is 1.02. The Balaban J connectivity index is 2.48. The highest BCUT2D eigenvalue weighted by atomic mass is 35.5. The van der Waals surface area contributed by atoms with Crippen LogP contribution in [0, 0.1) is 5.82 Å². The quantitative estimate of drug-likeness (QED) is 0.923. The van der Waals surface area contributed by atoms with E-state index in [0.29, 0.717) is 23.5 Å². The molecule has 0 bridgehead atoms. The maximum atomic E-state index is 13.1. The van der Waals surface area contributed by atoms with Crippen LogP contribution in [0.3, 0.4) is 0 Å². The molecule has 0 aliphatic carbocycles. The lowest BCUT2D eigenvalue weighted by molar-refractivity contribution is 0.339. The maximum absolute atomic E-state index is 13.1. The standard InChI is InChI=1S/C13H11ClFNO2/c1-2-18-9-3-8(6-16-7-9)10-4-11(14)12(15)5-13(10)17/h3-7,17H,2H2,1H3. The molecule has 0 fully saturated rings. The Kier molecular flexibility index (Phi) is 3.67. The van der Waals surface area contributed by atoms with E-state index in [1.807, 2.05) is 6.92 Å². The number of benzene rings is 1. The molecule has 0 amide bonds. The third kappa shape index (κ3) is 2.54. The first-order valence-electron chi connectivity index (χ1n) is 5.38. The SMILES string of the molecule is CCOc1cncc(-c2cc(Cl)c(F)cc2O)c1. The molecule has 1 N–H and O–H groups in total. The Hall–Kier alpha value is -1.81. The van der Waals surface area contributed by atoms with Gasteiger partial charge in [-0.1, -0.05) is 11.6 Å². The summed E-state index contributed by atoms with van der Waals surface area (Å²) in [6.45, 7) is 2.38. The van der Waals surface area contributed by atoms with Crippen molar-refractivity contribution in [3.8, 4) is 22.6 Å². The van der Waals surface area contributed by atoms with Gasteiger partial charge in [0, 0.05) is 23.4 Å². The average molecular weight is 268 g/mol. The normalized spacial score (nSPS) is 10.4. The number of aromatic hydroxyl groups is 1. The molecule has 0 radical (unpaired) electrons. The van der Waals surface area contributed by atoms with E-state index >= 15 is 0 Å². The number of phenolic OH excluding ortho intramolecular Hbond substituents is 1. The molecule has 0 unspecified atom stereocenters. The number of pyridine rings is 1. The number of halogens is 2. The molecule has 1 aromatic heterocycles. The summed E-state index contributed by atoms with van der Waals surface area (Å²) in [5, 5.41) is 9.67. The van der Waals surface area contributed by atoms with Crippen molar-refractivity contribution in [2.24, 2.45) is 0 Å². The van der Waals surface area contributed by atoms with E-state index in [1.165, 1.54) is 6.07 Å². The lowest BCUT2D eigenvalue weighted by Gasteiger charge is -2.08. The second kappa shape index (κ2) is 5.23. The Labute approximate surface area is 109 Å². The van der Waals surface area contributed by atoms with Crippen LogP contribution in [0.2, 0.25) is 5.02 Å². The van der Waals surface area contributed by atoms with Crippen molar-refractivity contribution in [3.05, 3.63) is 41.4 Å². The molecule has 2 aromatic rings. The first kappa shape index (κ1) is 12.6. The summed E-state index contributed by atoms with van der Waals surface area (Å²) in [6.07, 6.45) is 3.11. The number of ether oxygens (including phenoxy) is 1. The fourth-order valence-electron chi connectivity index (χ4n) is 1.58. The third-order valence-corrected chi connectivity index (χ3v) is 2.66. The highest BCUT2D eigenvalue weighted by Gasteiger charge is 2.10.